The molecule has 0 unspecified atom stereocenters. The van der Waals surface area contributed by atoms with Crippen molar-refractivity contribution in [1.29, 1.82) is 0 Å². The van der Waals surface area contributed by atoms with Crippen LogP contribution in [0.5, 0.6) is 0 Å². The number of thioether (sulfide) groups is 1. The van der Waals surface area contributed by atoms with Crippen LogP contribution in [0, 0.1) is 0 Å². The first-order valence-electron chi connectivity index (χ1n) is 8.94. The van der Waals surface area contributed by atoms with Gasteiger partial charge in [-0.3, -0.25) is 14.9 Å². The first kappa shape index (κ1) is 22.5. The second-order valence-electron chi connectivity index (χ2n) is 7.52. The number of nitrogens with one attached hydrogen (secondary N) is 1. The molecule has 2 amide bonds. The third kappa shape index (κ3) is 6.63. The number of ether oxygens (including phenoxy) is 1. The van der Waals surface area contributed by atoms with Crippen LogP contribution in [0.4, 0.5) is 5.88 Å². The van der Waals surface area contributed by atoms with Crippen molar-refractivity contribution in [3.8, 4) is 0 Å². The molecule has 1 aromatic heterocycles. The third-order valence-electron chi connectivity index (χ3n) is 3.83. The fourth-order valence-corrected chi connectivity index (χ4v) is 3.12. The van der Waals surface area contributed by atoms with Crippen molar-refractivity contribution in [2.75, 3.05) is 31.8 Å². The number of anilines is 1. The molecular weight excluding hydrogens is 394 g/mol. The summed E-state index contributed by atoms with van der Waals surface area (Å²) < 4.78 is 10.2. The van der Waals surface area contributed by atoms with Gasteiger partial charge >= 0.3 is 5.97 Å². The standard InChI is InChI=1S/C20H25N3O5S/c1-20(2,3)15-10-17(28-22-15)21-16(24)11-27-19(26)13-8-6-7-9-14(13)29-12-18(25)23(4)5/h6-10H,11-12H2,1-5H3,(H,21,24). The molecule has 0 bridgehead atoms. The number of hydrogen-bond acceptors (Lipinski definition) is 7. The zero-order valence-electron chi connectivity index (χ0n) is 17.1. The molecule has 1 N–H and O–H groups in total. The van der Waals surface area contributed by atoms with Crippen LogP contribution in [0.25, 0.3) is 0 Å². The molecular formula is C20H25N3O5S. The Morgan fingerprint density at radius 2 is 1.90 bits per heavy atom. The highest BCUT2D eigenvalue weighted by Crippen LogP contribution is 2.24. The van der Waals surface area contributed by atoms with E-state index in [1.54, 1.807) is 44.4 Å². The van der Waals surface area contributed by atoms with E-state index in [-0.39, 0.29) is 23.0 Å². The van der Waals surface area contributed by atoms with Crippen LogP contribution in [-0.2, 0) is 19.7 Å². The number of hydrogen-bond donors (Lipinski definition) is 1. The lowest BCUT2D eigenvalue weighted by atomic mass is 9.92. The summed E-state index contributed by atoms with van der Waals surface area (Å²) >= 11 is 1.24. The van der Waals surface area contributed by atoms with Crippen LogP contribution >= 0.6 is 11.8 Å². The molecule has 2 aromatic rings. The molecule has 8 nitrogen and oxygen atoms in total. The zero-order valence-corrected chi connectivity index (χ0v) is 18.0. The van der Waals surface area contributed by atoms with Crippen molar-refractivity contribution >= 4 is 35.4 Å². The Balaban J connectivity index is 1.92. The summed E-state index contributed by atoms with van der Waals surface area (Å²) in [6.45, 7) is 5.44. The van der Waals surface area contributed by atoms with Crippen LogP contribution in [0.15, 0.2) is 39.8 Å². The van der Waals surface area contributed by atoms with E-state index in [2.05, 4.69) is 10.5 Å². The summed E-state index contributed by atoms with van der Waals surface area (Å²) in [7, 11) is 3.33. The van der Waals surface area contributed by atoms with Crippen molar-refractivity contribution < 1.29 is 23.6 Å². The molecule has 0 spiro atoms. The SMILES string of the molecule is CN(C)C(=O)CSc1ccccc1C(=O)OCC(=O)Nc1cc(C(C)(C)C)no1. The number of amides is 2. The normalized spacial score (nSPS) is 11.1. The fraction of sp³-hybridized carbons (Fsp3) is 0.400. The van der Waals surface area contributed by atoms with Crippen molar-refractivity contribution in [3.05, 3.63) is 41.6 Å². The number of benzene rings is 1. The third-order valence-corrected chi connectivity index (χ3v) is 4.89. The van der Waals surface area contributed by atoms with E-state index >= 15 is 0 Å². The molecule has 1 aromatic carbocycles. The molecule has 9 heteroatoms. The first-order valence-corrected chi connectivity index (χ1v) is 9.92. The molecule has 0 aliphatic carbocycles. The topological polar surface area (TPSA) is 102 Å². The highest BCUT2D eigenvalue weighted by molar-refractivity contribution is 8.00. The summed E-state index contributed by atoms with van der Waals surface area (Å²) in [6.07, 6.45) is 0. The predicted molar refractivity (Wildman–Crippen MR) is 110 cm³/mol. The molecule has 0 aliphatic heterocycles. The van der Waals surface area contributed by atoms with Gasteiger partial charge < -0.3 is 14.2 Å². The van der Waals surface area contributed by atoms with Gasteiger partial charge in [0.2, 0.25) is 11.8 Å². The summed E-state index contributed by atoms with van der Waals surface area (Å²) in [5.74, 6) is -0.871. The fourth-order valence-electron chi connectivity index (χ4n) is 2.10. The van der Waals surface area contributed by atoms with Gasteiger partial charge in [-0.15, -0.1) is 11.8 Å². The van der Waals surface area contributed by atoms with Crippen LogP contribution in [0.1, 0.15) is 36.8 Å². The maximum atomic E-state index is 12.4. The summed E-state index contributed by atoms with van der Waals surface area (Å²) in [5, 5.41) is 6.42. The van der Waals surface area contributed by atoms with Crippen molar-refractivity contribution in [3.63, 3.8) is 0 Å². The van der Waals surface area contributed by atoms with Crippen molar-refractivity contribution in [2.24, 2.45) is 0 Å². The Labute approximate surface area is 173 Å². The van der Waals surface area contributed by atoms with Gasteiger partial charge in [0.1, 0.15) is 0 Å². The van der Waals surface area contributed by atoms with Gasteiger partial charge in [0.05, 0.1) is 17.0 Å². The van der Waals surface area contributed by atoms with Crippen LogP contribution in [-0.4, -0.2) is 54.3 Å². The monoisotopic (exact) mass is 419 g/mol. The van der Waals surface area contributed by atoms with Gasteiger partial charge in [-0.1, -0.05) is 38.1 Å². The molecule has 0 atom stereocenters. The van der Waals surface area contributed by atoms with E-state index < -0.39 is 18.5 Å². The van der Waals surface area contributed by atoms with Gasteiger partial charge in [-0.05, 0) is 12.1 Å². The highest BCUT2D eigenvalue weighted by atomic mass is 32.2. The van der Waals surface area contributed by atoms with E-state index in [9.17, 15) is 14.4 Å². The smallest absolute Gasteiger partial charge is 0.339 e. The number of rotatable bonds is 7. The van der Waals surface area contributed by atoms with E-state index in [0.717, 1.165) is 0 Å². The molecule has 1 heterocycles. The lowest BCUT2D eigenvalue weighted by Gasteiger charge is -2.12. The average molecular weight is 420 g/mol. The average Bonchev–Trinajstić information content (AvgIpc) is 3.13. The van der Waals surface area contributed by atoms with Crippen LogP contribution < -0.4 is 5.32 Å². The molecule has 0 aliphatic rings. The minimum Gasteiger partial charge on any atom is -0.452 e. The second kappa shape index (κ2) is 9.60. The van der Waals surface area contributed by atoms with Crippen molar-refractivity contribution in [1.82, 2.24) is 10.1 Å². The Morgan fingerprint density at radius 3 is 2.52 bits per heavy atom. The minimum atomic E-state index is -0.645. The van der Waals surface area contributed by atoms with Gasteiger partial charge in [-0.2, -0.15) is 0 Å². The lowest BCUT2D eigenvalue weighted by molar-refractivity contribution is -0.125. The van der Waals surface area contributed by atoms with E-state index in [1.807, 2.05) is 20.8 Å². The summed E-state index contributed by atoms with van der Waals surface area (Å²) in [5.41, 5.74) is 0.781. The number of carbonyl (C=O) groups excluding carboxylic acids is 3. The molecule has 0 fully saturated rings. The lowest BCUT2D eigenvalue weighted by Crippen LogP contribution is -2.23. The quantitative estimate of drug-likeness (QED) is 0.544. The van der Waals surface area contributed by atoms with Gasteiger partial charge in [0.25, 0.3) is 5.91 Å². The molecule has 0 saturated heterocycles. The molecule has 0 saturated carbocycles. The Morgan fingerprint density at radius 1 is 1.21 bits per heavy atom. The number of esters is 1. The highest BCUT2D eigenvalue weighted by Gasteiger charge is 2.20. The molecule has 156 valence electrons. The van der Waals surface area contributed by atoms with Gasteiger partial charge in [0, 0.05) is 30.5 Å². The zero-order chi connectivity index (χ0) is 21.6. The Bertz CT molecular complexity index is 886. The Kier molecular flexibility index (Phi) is 7.44. The second-order valence-corrected chi connectivity index (χ2v) is 8.54. The number of aromatic nitrogens is 1. The summed E-state index contributed by atoms with van der Waals surface area (Å²) in [6, 6.07) is 8.41. The first-order chi connectivity index (χ1) is 13.6. The van der Waals surface area contributed by atoms with Gasteiger partial charge in [-0.25, -0.2) is 4.79 Å². The number of nitrogens with zero attached hydrogens (tertiary/aromatic N) is 2. The number of carbonyl (C=O) groups is 3. The predicted octanol–water partition coefficient (Wildman–Crippen LogP) is 2.95. The maximum Gasteiger partial charge on any atom is 0.339 e. The van der Waals surface area contributed by atoms with Crippen LogP contribution in [0.2, 0.25) is 0 Å². The molecule has 2 rings (SSSR count). The van der Waals surface area contributed by atoms with Gasteiger partial charge in [0.15, 0.2) is 6.61 Å². The molecule has 29 heavy (non-hydrogen) atoms. The Hall–Kier alpha value is -2.81. The summed E-state index contributed by atoms with van der Waals surface area (Å²) in [4.78, 5) is 38.3. The van der Waals surface area contributed by atoms with Crippen LogP contribution in [0.3, 0.4) is 0 Å². The van der Waals surface area contributed by atoms with E-state index in [4.69, 9.17) is 9.26 Å². The van der Waals surface area contributed by atoms with Crippen molar-refractivity contribution in [2.45, 2.75) is 31.1 Å². The minimum absolute atomic E-state index is 0.0702. The maximum absolute atomic E-state index is 12.4. The van der Waals surface area contributed by atoms with E-state index in [1.165, 1.54) is 16.7 Å². The largest absolute Gasteiger partial charge is 0.452 e. The molecule has 0 radical (unpaired) electrons. The van der Waals surface area contributed by atoms with E-state index in [0.29, 0.717) is 16.2 Å².